The zero-order valence-electron chi connectivity index (χ0n) is 12.9. The van der Waals surface area contributed by atoms with E-state index in [1.165, 1.54) is 5.56 Å². The first-order valence-electron chi connectivity index (χ1n) is 7.30. The zero-order valence-corrected chi connectivity index (χ0v) is 12.9. The molecule has 1 aromatic rings. The molecular formula is C16H27NO3. The van der Waals surface area contributed by atoms with Gasteiger partial charge in [0.15, 0.2) is 11.5 Å². The van der Waals surface area contributed by atoms with Crippen molar-refractivity contribution in [2.45, 2.75) is 39.2 Å². The van der Waals surface area contributed by atoms with Crippen LogP contribution in [-0.2, 0) is 11.2 Å². The molecule has 0 aliphatic carbocycles. The zero-order chi connectivity index (χ0) is 14.8. The molecule has 1 rings (SSSR count). The van der Waals surface area contributed by atoms with Gasteiger partial charge in [0.25, 0.3) is 0 Å². The Morgan fingerprint density at radius 1 is 1.10 bits per heavy atom. The molecule has 0 amide bonds. The molecule has 4 nitrogen and oxygen atoms in total. The van der Waals surface area contributed by atoms with Gasteiger partial charge in [-0.1, -0.05) is 6.07 Å². The predicted octanol–water partition coefficient (Wildman–Crippen LogP) is 2.78. The molecule has 4 heteroatoms. The number of methoxy groups -OCH3 is 1. The standard InChI is InChI=1S/C16H27NO3/c1-4-19-16-12-14(11-13(2)17)7-8-15(16)20-10-6-5-9-18-3/h7-8,12-13H,4-6,9-11,17H2,1-3H3. The quantitative estimate of drug-likeness (QED) is 0.670. The molecule has 0 bridgehead atoms. The molecule has 1 aromatic carbocycles. The molecular weight excluding hydrogens is 254 g/mol. The normalized spacial score (nSPS) is 12.2. The summed E-state index contributed by atoms with van der Waals surface area (Å²) in [6, 6.07) is 6.19. The van der Waals surface area contributed by atoms with Crippen LogP contribution in [0.1, 0.15) is 32.3 Å². The first kappa shape index (κ1) is 16.8. The lowest BCUT2D eigenvalue weighted by Crippen LogP contribution is -2.17. The van der Waals surface area contributed by atoms with Crippen molar-refractivity contribution in [1.82, 2.24) is 0 Å². The maximum atomic E-state index is 5.83. The number of hydrogen-bond acceptors (Lipinski definition) is 4. The Morgan fingerprint density at radius 3 is 2.50 bits per heavy atom. The van der Waals surface area contributed by atoms with Crippen molar-refractivity contribution in [3.63, 3.8) is 0 Å². The third kappa shape index (κ3) is 6.26. The van der Waals surface area contributed by atoms with Crippen molar-refractivity contribution in [2.75, 3.05) is 26.9 Å². The lowest BCUT2D eigenvalue weighted by Gasteiger charge is -2.14. The number of nitrogens with two attached hydrogens (primary N) is 1. The fourth-order valence-electron chi connectivity index (χ4n) is 1.97. The fourth-order valence-corrected chi connectivity index (χ4v) is 1.97. The minimum absolute atomic E-state index is 0.144. The van der Waals surface area contributed by atoms with Gasteiger partial charge in [-0.15, -0.1) is 0 Å². The van der Waals surface area contributed by atoms with Crippen LogP contribution >= 0.6 is 0 Å². The highest BCUT2D eigenvalue weighted by Crippen LogP contribution is 2.29. The van der Waals surface area contributed by atoms with E-state index in [9.17, 15) is 0 Å². The maximum absolute atomic E-state index is 5.83. The molecule has 20 heavy (non-hydrogen) atoms. The molecule has 0 saturated carbocycles. The van der Waals surface area contributed by atoms with E-state index in [-0.39, 0.29) is 6.04 Å². The van der Waals surface area contributed by atoms with Crippen LogP contribution in [0.5, 0.6) is 11.5 Å². The van der Waals surface area contributed by atoms with Gasteiger partial charge in [0, 0.05) is 19.8 Å². The topological polar surface area (TPSA) is 53.7 Å². The summed E-state index contributed by atoms with van der Waals surface area (Å²) in [6.07, 6.45) is 2.82. The summed E-state index contributed by atoms with van der Waals surface area (Å²) < 4.78 is 16.4. The minimum Gasteiger partial charge on any atom is -0.490 e. The van der Waals surface area contributed by atoms with Crippen molar-refractivity contribution in [3.05, 3.63) is 23.8 Å². The Labute approximate surface area is 122 Å². The van der Waals surface area contributed by atoms with Gasteiger partial charge in [0.1, 0.15) is 0 Å². The minimum atomic E-state index is 0.144. The predicted molar refractivity (Wildman–Crippen MR) is 81.6 cm³/mol. The summed E-state index contributed by atoms with van der Waals surface area (Å²) in [5.74, 6) is 1.61. The highest BCUT2D eigenvalue weighted by Gasteiger charge is 2.07. The second-order valence-electron chi connectivity index (χ2n) is 4.94. The SMILES string of the molecule is CCOc1cc(CC(C)N)ccc1OCCCCOC. The van der Waals surface area contributed by atoms with Crippen molar-refractivity contribution < 1.29 is 14.2 Å². The Hall–Kier alpha value is -1.26. The third-order valence-electron chi connectivity index (χ3n) is 2.87. The summed E-state index contributed by atoms with van der Waals surface area (Å²) in [6.45, 7) is 6.05. The van der Waals surface area contributed by atoms with E-state index < -0.39 is 0 Å². The summed E-state index contributed by atoms with van der Waals surface area (Å²) in [5, 5.41) is 0. The second kappa shape index (κ2) is 9.61. The van der Waals surface area contributed by atoms with E-state index in [1.807, 2.05) is 26.0 Å². The van der Waals surface area contributed by atoms with Crippen molar-refractivity contribution in [2.24, 2.45) is 5.73 Å². The Bertz CT molecular complexity index is 380. The monoisotopic (exact) mass is 281 g/mol. The van der Waals surface area contributed by atoms with Gasteiger partial charge in [0.2, 0.25) is 0 Å². The van der Waals surface area contributed by atoms with Crippen LogP contribution < -0.4 is 15.2 Å². The second-order valence-corrected chi connectivity index (χ2v) is 4.94. The summed E-state index contributed by atoms with van der Waals surface area (Å²) >= 11 is 0. The molecule has 1 atom stereocenters. The van der Waals surface area contributed by atoms with E-state index in [4.69, 9.17) is 19.9 Å². The van der Waals surface area contributed by atoms with Gasteiger partial charge in [-0.05, 0) is 50.8 Å². The molecule has 0 saturated heterocycles. The van der Waals surface area contributed by atoms with Gasteiger partial charge < -0.3 is 19.9 Å². The van der Waals surface area contributed by atoms with Gasteiger partial charge >= 0.3 is 0 Å². The van der Waals surface area contributed by atoms with E-state index in [0.717, 1.165) is 37.4 Å². The van der Waals surface area contributed by atoms with Crippen LogP contribution in [0.3, 0.4) is 0 Å². The third-order valence-corrected chi connectivity index (χ3v) is 2.87. The largest absolute Gasteiger partial charge is 0.490 e. The molecule has 0 aliphatic heterocycles. The van der Waals surface area contributed by atoms with E-state index in [0.29, 0.717) is 13.2 Å². The fraction of sp³-hybridized carbons (Fsp3) is 0.625. The molecule has 0 heterocycles. The number of rotatable bonds is 10. The average Bonchev–Trinajstić information content (AvgIpc) is 2.40. The van der Waals surface area contributed by atoms with Crippen molar-refractivity contribution in [1.29, 1.82) is 0 Å². The van der Waals surface area contributed by atoms with Crippen LogP contribution in [0.4, 0.5) is 0 Å². The lowest BCUT2D eigenvalue weighted by molar-refractivity contribution is 0.183. The maximum Gasteiger partial charge on any atom is 0.161 e. The molecule has 0 fully saturated rings. The van der Waals surface area contributed by atoms with Crippen LogP contribution in [0.25, 0.3) is 0 Å². The van der Waals surface area contributed by atoms with Gasteiger partial charge in [-0.3, -0.25) is 0 Å². The smallest absolute Gasteiger partial charge is 0.161 e. The van der Waals surface area contributed by atoms with Crippen LogP contribution in [0.15, 0.2) is 18.2 Å². The summed E-state index contributed by atoms with van der Waals surface area (Å²) in [5.41, 5.74) is 7.01. The Morgan fingerprint density at radius 2 is 1.85 bits per heavy atom. The highest BCUT2D eigenvalue weighted by molar-refractivity contribution is 5.43. The number of ether oxygens (including phenoxy) is 3. The van der Waals surface area contributed by atoms with Gasteiger partial charge in [-0.25, -0.2) is 0 Å². The molecule has 114 valence electrons. The summed E-state index contributed by atoms with van der Waals surface area (Å²) in [4.78, 5) is 0. The van der Waals surface area contributed by atoms with Crippen LogP contribution in [0.2, 0.25) is 0 Å². The number of hydrogen-bond donors (Lipinski definition) is 1. The van der Waals surface area contributed by atoms with Crippen LogP contribution in [-0.4, -0.2) is 33.0 Å². The first-order valence-corrected chi connectivity index (χ1v) is 7.30. The molecule has 0 spiro atoms. The number of benzene rings is 1. The van der Waals surface area contributed by atoms with E-state index >= 15 is 0 Å². The van der Waals surface area contributed by atoms with Gasteiger partial charge in [-0.2, -0.15) is 0 Å². The van der Waals surface area contributed by atoms with Gasteiger partial charge in [0.05, 0.1) is 13.2 Å². The molecule has 0 radical (unpaired) electrons. The average molecular weight is 281 g/mol. The molecule has 0 aromatic heterocycles. The summed E-state index contributed by atoms with van der Waals surface area (Å²) in [7, 11) is 1.71. The highest BCUT2D eigenvalue weighted by atomic mass is 16.5. The van der Waals surface area contributed by atoms with E-state index in [2.05, 4.69) is 6.07 Å². The lowest BCUT2D eigenvalue weighted by atomic mass is 10.1. The van der Waals surface area contributed by atoms with Crippen molar-refractivity contribution in [3.8, 4) is 11.5 Å². The Kier molecular flexibility index (Phi) is 8.07. The van der Waals surface area contributed by atoms with E-state index in [1.54, 1.807) is 7.11 Å². The molecule has 2 N–H and O–H groups in total. The Balaban J connectivity index is 2.59. The van der Waals surface area contributed by atoms with Crippen LogP contribution in [0, 0.1) is 0 Å². The van der Waals surface area contributed by atoms with Crippen molar-refractivity contribution >= 4 is 0 Å². The molecule has 1 unspecified atom stereocenters. The number of unbranched alkanes of at least 4 members (excludes halogenated alkanes) is 1. The first-order chi connectivity index (χ1) is 9.67. The molecule has 0 aliphatic rings.